The first-order valence-corrected chi connectivity index (χ1v) is 5.08. The number of terminal acetylenes is 1. The topological polar surface area (TPSA) is 28.2 Å². The number of rotatable bonds is 5. The minimum atomic E-state index is 0.580. The van der Waals surface area contributed by atoms with Crippen molar-refractivity contribution in [3.63, 3.8) is 0 Å². The van der Waals surface area contributed by atoms with Gasteiger partial charge in [-0.25, -0.2) is 4.98 Å². The lowest BCUT2D eigenvalue weighted by molar-refractivity contribution is 0.722. The average molecular weight is 203 g/mol. The summed E-state index contributed by atoms with van der Waals surface area (Å²) in [6, 6.07) is 4.01. The Morgan fingerprint density at radius 1 is 1.60 bits per heavy atom. The molecule has 0 fully saturated rings. The molecule has 1 N–H and O–H groups in total. The van der Waals surface area contributed by atoms with Gasteiger partial charge in [0.1, 0.15) is 5.82 Å². The van der Waals surface area contributed by atoms with Crippen molar-refractivity contribution in [2.75, 3.05) is 25.0 Å². The molecule has 3 nitrogen and oxygen atoms in total. The molecule has 3 heteroatoms. The molecular weight excluding hydrogens is 186 g/mol. The zero-order valence-electron chi connectivity index (χ0n) is 9.33. The first kappa shape index (κ1) is 11.5. The summed E-state index contributed by atoms with van der Waals surface area (Å²) in [4.78, 5) is 6.32. The van der Waals surface area contributed by atoms with Crippen molar-refractivity contribution in [1.29, 1.82) is 0 Å². The van der Waals surface area contributed by atoms with Gasteiger partial charge in [0.05, 0.1) is 6.54 Å². The molecule has 0 spiro atoms. The van der Waals surface area contributed by atoms with Crippen LogP contribution < -0.4 is 10.2 Å². The Morgan fingerprint density at radius 3 is 3.07 bits per heavy atom. The van der Waals surface area contributed by atoms with E-state index >= 15 is 0 Å². The molecule has 1 aromatic heterocycles. The van der Waals surface area contributed by atoms with Gasteiger partial charge in [-0.1, -0.05) is 18.9 Å². The third-order valence-corrected chi connectivity index (χ3v) is 2.12. The Kier molecular flexibility index (Phi) is 4.65. The standard InChI is InChI=1S/C12H17N3/c1-4-9-15(3)12-11(10-13-5-2)7-6-8-14-12/h1,6-8,13H,5,9-10H2,2-3H3. The van der Waals surface area contributed by atoms with E-state index in [1.165, 1.54) is 5.56 Å². The van der Waals surface area contributed by atoms with Gasteiger partial charge in [-0.3, -0.25) is 0 Å². The van der Waals surface area contributed by atoms with E-state index in [0.717, 1.165) is 18.9 Å². The van der Waals surface area contributed by atoms with Crippen LogP contribution in [0.15, 0.2) is 18.3 Å². The molecule has 0 atom stereocenters. The lowest BCUT2D eigenvalue weighted by Gasteiger charge is -2.18. The predicted octanol–water partition coefficient (Wildman–Crippen LogP) is 1.26. The fourth-order valence-electron chi connectivity index (χ4n) is 1.38. The average Bonchev–Trinajstić information content (AvgIpc) is 2.27. The van der Waals surface area contributed by atoms with Crippen molar-refractivity contribution in [3.8, 4) is 12.3 Å². The van der Waals surface area contributed by atoms with Crippen molar-refractivity contribution < 1.29 is 0 Å². The van der Waals surface area contributed by atoms with E-state index < -0.39 is 0 Å². The lowest BCUT2D eigenvalue weighted by atomic mass is 10.2. The fourth-order valence-corrected chi connectivity index (χ4v) is 1.38. The molecule has 15 heavy (non-hydrogen) atoms. The van der Waals surface area contributed by atoms with E-state index in [1.54, 1.807) is 6.20 Å². The van der Waals surface area contributed by atoms with Gasteiger partial charge in [0.2, 0.25) is 0 Å². The number of anilines is 1. The first-order valence-electron chi connectivity index (χ1n) is 5.08. The van der Waals surface area contributed by atoms with E-state index in [9.17, 15) is 0 Å². The summed E-state index contributed by atoms with van der Waals surface area (Å²) in [5.74, 6) is 3.57. The van der Waals surface area contributed by atoms with Crippen LogP contribution >= 0.6 is 0 Å². The van der Waals surface area contributed by atoms with E-state index in [0.29, 0.717) is 6.54 Å². The number of nitrogens with one attached hydrogen (secondary N) is 1. The Bertz CT molecular complexity index is 341. The Hall–Kier alpha value is -1.53. The minimum absolute atomic E-state index is 0.580. The van der Waals surface area contributed by atoms with Gasteiger partial charge in [0, 0.05) is 25.4 Å². The molecule has 0 aromatic carbocycles. The van der Waals surface area contributed by atoms with E-state index in [2.05, 4.69) is 29.2 Å². The monoisotopic (exact) mass is 203 g/mol. The normalized spacial score (nSPS) is 9.67. The van der Waals surface area contributed by atoms with Gasteiger partial charge in [0.15, 0.2) is 0 Å². The largest absolute Gasteiger partial charge is 0.348 e. The molecule has 0 bridgehead atoms. The van der Waals surface area contributed by atoms with Crippen molar-refractivity contribution in [1.82, 2.24) is 10.3 Å². The zero-order valence-corrected chi connectivity index (χ0v) is 9.33. The van der Waals surface area contributed by atoms with Crippen LogP contribution in [-0.2, 0) is 6.54 Å². The number of hydrogen-bond donors (Lipinski definition) is 1. The summed E-state index contributed by atoms with van der Waals surface area (Å²) in [6.45, 7) is 4.44. The molecule has 1 heterocycles. The van der Waals surface area contributed by atoms with Crippen LogP contribution in [0.5, 0.6) is 0 Å². The molecule has 0 saturated carbocycles. The van der Waals surface area contributed by atoms with E-state index in [4.69, 9.17) is 6.42 Å². The highest BCUT2D eigenvalue weighted by atomic mass is 15.2. The smallest absolute Gasteiger partial charge is 0.133 e. The van der Waals surface area contributed by atoms with Crippen LogP contribution in [0.1, 0.15) is 12.5 Å². The number of hydrogen-bond acceptors (Lipinski definition) is 3. The van der Waals surface area contributed by atoms with Crippen LogP contribution in [0, 0.1) is 12.3 Å². The maximum atomic E-state index is 5.28. The predicted molar refractivity (Wildman–Crippen MR) is 63.7 cm³/mol. The van der Waals surface area contributed by atoms with Gasteiger partial charge in [-0.2, -0.15) is 0 Å². The molecule has 0 amide bonds. The maximum Gasteiger partial charge on any atom is 0.133 e. The molecule has 1 aromatic rings. The summed E-state index contributed by atoms with van der Waals surface area (Å²) in [5.41, 5.74) is 1.18. The van der Waals surface area contributed by atoms with Crippen LogP contribution in [0.3, 0.4) is 0 Å². The number of aromatic nitrogens is 1. The van der Waals surface area contributed by atoms with Crippen molar-refractivity contribution in [3.05, 3.63) is 23.9 Å². The van der Waals surface area contributed by atoms with Gasteiger partial charge in [-0.15, -0.1) is 6.42 Å². The van der Waals surface area contributed by atoms with Crippen LogP contribution in [0.4, 0.5) is 5.82 Å². The summed E-state index contributed by atoms with van der Waals surface area (Å²) < 4.78 is 0. The fraction of sp³-hybridized carbons (Fsp3) is 0.417. The summed E-state index contributed by atoms with van der Waals surface area (Å²) in [7, 11) is 1.96. The number of pyridine rings is 1. The van der Waals surface area contributed by atoms with Gasteiger partial charge < -0.3 is 10.2 Å². The summed E-state index contributed by atoms with van der Waals surface area (Å²) in [6.07, 6.45) is 7.07. The molecule has 0 aliphatic carbocycles. The molecule has 1 rings (SSSR count). The third-order valence-electron chi connectivity index (χ3n) is 2.12. The molecule has 0 unspecified atom stereocenters. The SMILES string of the molecule is C#CCN(C)c1ncccc1CNCC. The minimum Gasteiger partial charge on any atom is -0.348 e. The van der Waals surface area contributed by atoms with Crippen LogP contribution in [-0.4, -0.2) is 25.1 Å². The second-order valence-corrected chi connectivity index (χ2v) is 3.33. The van der Waals surface area contributed by atoms with Crippen molar-refractivity contribution >= 4 is 5.82 Å². The first-order chi connectivity index (χ1) is 7.29. The quantitative estimate of drug-likeness (QED) is 0.730. The molecule has 0 aliphatic rings. The maximum absolute atomic E-state index is 5.28. The molecule has 80 valence electrons. The van der Waals surface area contributed by atoms with Crippen LogP contribution in [0.2, 0.25) is 0 Å². The van der Waals surface area contributed by atoms with E-state index in [-0.39, 0.29) is 0 Å². The number of nitrogens with zero attached hydrogens (tertiary/aromatic N) is 2. The Balaban J connectivity index is 2.81. The second-order valence-electron chi connectivity index (χ2n) is 3.33. The molecular formula is C12H17N3. The third kappa shape index (κ3) is 3.26. The van der Waals surface area contributed by atoms with Gasteiger partial charge in [0.25, 0.3) is 0 Å². The van der Waals surface area contributed by atoms with Crippen molar-refractivity contribution in [2.24, 2.45) is 0 Å². The summed E-state index contributed by atoms with van der Waals surface area (Å²) in [5, 5.41) is 3.28. The van der Waals surface area contributed by atoms with Crippen LogP contribution in [0.25, 0.3) is 0 Å². The van der Waals surface area contributed by atoms with Crippen molar-refractivity contribution in [2.45, 2.75) is 13.5 Å². The highest BCUT2D eigenvalue weighted by Gasteiger charge is 2.06. The summed E-state index contributed by atoms with van der Waals surface area (Å²) >= 11 is 0. The molecule has 0 radical (unpaired) electrons. The molecule has 0 aliphatic heterocycles. The molecule has 0 saturated heterocycles. The van der Waals surface area contributed by atoms with E-state index in [1.807, 2.05) is 18.0 Å². The highest BCUT2D eigenvalue weighted by Crippen LogP contribution is 2.14. The van der Waals surface area contributed by atoms with Gasteiger partial charge >= 0.3 is 0 Å². The Morgan fingerprint density at radius 2 is 2.40 bits per heavy atom. The zero-order chi connectivity index (χ0) is 11.1. The lowest BCUT2D eigenvalue weighted by Crippen LogP contribution is -2.22. The van der Waals surface area contributed by atoms with Gasteiger partial charge in [-0.05, 0) is 12.6 Å². The highest BCUT2D eigenvalue weighted by molar-refractivity contribution is 5.46. The Labute approximate surface area is 91.5 Å². The second kappa shape index (κ2) is 6.05.